The Labute approximate surface area is 114 Å². The molecule has 96 valence electrons. The number of nitrogens with one attached hydrogen (secondary N) is 1. The van der Waals surface area contributed by atoms with E-state index in [0.717, 1.165) is 10.2 Å². The molecule has 2 unspecified atom stereocenters. The number of carbonyl (C=O) groups excluding carboxylic acids is 2. The number of hydrogen-bond acceptors (Lipinski definition) is 3. The predicted octanol–water partition coefficient (Wildman–Crippen LogP) is 1.08. The molecular weight excluding hydrogens is 298 g/mol. The van der Waals surface area contributed by atoms with E-state index >= 15 is 0 Å². The molecule has 6 heteroatoms. The number of halogens is 1. The van der Waals surface area contributed by atoms with Crippen LogP contribution in [0.25, 0.3) is 0 Å². The molecule has 2 rings (SSSR count). The zero-order valence-corrected chi connectivity index (χ0v) is 11.8. The normalized spacial score (nSPS) is 24.1. The zero-order valence-electron chi connectivity index (χ0n) is 10.2. The fraction of sp³-hybridized carbons (Fsp3) is 0.417. The van der Waals surface area contributed by atoms with Crippen LogP contribution in [0.1, 0.15) is 19.5 Å². The Morgan fingerprint density at radius 2 is 2.11 bits per heavy atom. The highest BCUT2D eigenvalue weighted by molar-refractivity contribution is 9.10. The van der Waals surface area contributed by atoms with Gasteiger partial charge in [0.15, 0.2) is 0 Å². The molecule has 1 aliphatic rings. The fourth-order valence-electron chi connectivity index (χ4n) is 1.87. The second kappa shape index (κ2) is 5.06. The van der Waals surface area contributed by atoms with Gasteiger partial charge >= 0.3 is 0 Å². The summed E-state index contributed by atoms with van der Waals surface area (Å²) in [5, 5.41) is 2.65. The number of rotatable bonds is 2. The van der Waals surface area contributed by atoms with Crippen molar-refractivity contribution in [3.8, 4) is 0 Å². The summed E-state index contributed by atoms with van der Waals surface area (Å²) in [5.41, 5.74) is 0.764. The molecule has 1 aromatic rings. The molecule has 1 aromatic heterocycles. The maximum Gasteiger partial charge on any atom is 0.245 e. The number of carbonyl (C=O) groups is 2. The van der Waals surface area contributed by atoms with Crippen molar-refractivity contribution >= 4 is 27.7 Å². The average Bonchev–Trinajstić information content (AvgIpc) is 2.34. The summed E-state index contributed by atoms with van der Waals surface area (Å²) in [6, 6.07) is 2.77. The Bertz CT molecular complexity index is 475. The van der Waals surface area contributed by atoms with Crippen LogP contribution in [0.15, 0.2) is 22.8 Å². The second-order valence-electron chi connectivity index (χ2n) is 4.34. The van der Waals surface area contributed by atoms with E-state index in [1.807, 2.05) is 12.1 Å². The first-order valence-electron chi connectivity index (χ1n) is 5.70. The van der Waals surface area contributed by atoms with Crippen molar-refractivity contribution in [3.63, 3.8) is 0 Å². The van der Waals surface area contributed by atoms with Crippen LogP contribution in [-0.2, 0) is 16.1 Å². The number of piperazine rings is 1. The maximum absolute atomic E-state index is 12.0. The highest BCUT2D eigenvalue weighted by Crippen LogP contribution is 2.14. The minimum Gasteiger partial charge on any atom is -0.343 e. The molecule has 0 aromatic carbocycles. The van der Waals surface area contributed by atoms with Gasteiger partial charge in [-0.3, -0.25) is 14.6 Å². The van der Waals surface area contributed by atoms with Crippen molar-refractivity contribution in [2.45, 2.75) is 32.5 Å². The molecule has 2 amide bonds. The zero-order chi connectivity index (χ0) is 13.3. The summed E-state index contributed by atoms with van der Waals surface area (Å²) >= 11 is 3.31. The third kappa shape index (κ3) is 2.53. The SMILES string of the molecule is CC1NC(=O)C(C)N(Cc2ccc(Br)cn2)C1=O. The Morgan fingerprint density at radius 1 is 1.39 bits per heavy atom. The van der Waals surface area contributed by atoms with Gasteiger partial charge in [-0.15, -0.1) is 0 Å². The van der Waals surface area contributed by atoms with Gasteiger partial charge in [0.25, 0.3) is 0 Å². The van der Waals surface area contributed by atoms with E-state index in [-0.39, 0.29) is 11.8 Å². The van der Waals surface area contributed by atoms with Crippen molar-refractivity contribution in [3.05, 3.63) is 28.5 Å². The third-order valence-electron chi connectivity index (χ3n) is 2.98. The minimum atomic E-state index is -0.468. The van der Waals surface area contributed by atoms with Crippen molar-refractivity contribution in [2.75, 3.05) is 0 Å². The molecule has 5 nitrogen and oxygen atoms in total. The molecule has 1 aliphatic heterocycles. The summed E-state index contributed by atoms with van der Waals surface area (Å²) < 4.78 is 0.885. The Kier molecular flexibility index (Phi) is 3.65. The Balaban J connectivity index is 2.17. The van der Waals surface area contributed by atoms with Gasteiger partial charge in [0, 0.05) is 10.7 Å². The van der Waals surface area contributed by atoms with Crippen LogP contribution < -0.4 is 5.32 Å². The van der Waals surface area contributed by atoms with E-state index < -0.39 is 12.1 Å². The fourth-order valence-corrected chi connectivity index (χ4v) is 2.10. The van der Waals surface area contributed by atoms with E-state index in [4.69, 9.17) is 0 Å². The highest BCUT2D eigenvalue weighted by atomic mass is 79.9. The van der Waals surface area contributed by atoms with Gasteiger partial charge in [-0.05, 0) is 41.9 Å². The molecular formula is C12H14BrN3O2. The molecule has 0 spiro atoms. The van der Waals surface area contributed by atoms with Gasteiger partial charge in [0.2, 0.25) is 11.8 Å². The van der Waals surface area contributed by atoms with Crippen LogP contribution in [0.3, 0.4) is 0 Å². The molecule has 18 heavy (non-hydrogen) atoms. The standard InChI is InChI=1S/C12H14BrN3O2/c1-7-12(18)16(8(2)11(17)15-7)6-10-4-3-9(13)5-14-10/h3-5,7-8H,6H2,1-2H3,(H,15,17). The summed E-state index contributed by atoms with van der Waals surface area (Å²) in [7, 11) is 0. The molecule has 0 saturated carbocycles. The summed E-state index contributed by atoms with van der Waals surface area (Å²) in [6.45, 7) is 3.76. The lowest BCUT2D eigenvalue weighted by atomic mass is 10.1. The molecule has 2 atom stereocenters. The first-order valence-corrected chi connectivity index (χ1v) is 6.49. The largest absolute Gasteiger partial charge is 0.343 e. The number of nitrogens with zero attached hydrogens (tertiary/aromatic N) is 2. The molecule has 0 aliphatic carbocycles. The topological polar surface area (TPSA) is 62.3 Å². The smallest absolute Gasteiger partial charge is 0.245 e. The lowest BCUT2D eigenvalue weighted by molar-refractivity contribution is -0.148. The minimum absolute atomic E-state index is 0.0770. The van der Waals surface area contributed by atoms with Crippen LogP contribution in [0.2, 0.25) is 0 Å². The molecule has 1 saturated heterocycles. The van der Waals surface area contributed by atoms with Crippen molar-refractivity contribution in [1.82, 2.24) is 15.2 Å². The van der Waals surface area contributed by atoms with Crippen LogP contribution in [-0.4, -0.2) is 33.8 Å². The highest BCUT2D eigenvalue weighted by Gasteiger charge is 2.35. The number of pyridine rings is 1. The van der Waals surface area contributed by atoms with Crippen LogP contribution in [0.5, 0.6) is 0 Å². The van der Waals surface area contributed by atoms with E-state index in [9.17, 15) is 9.59 Å². The van der Waals surface area contributed by atoms with Gasteiger partial charge < -0.3 is 10.2 Å². The molecule has 1 fully saturated rings. The molecule has 0 radical (unpaired) electrons. The van der Waals surface area contributed by atoms with Gasteiger partial charge in [-0.2, -0.15) is 0 Å². The van der Waals surface area contributed by atoms with Crippen molar-refractivity contribution in [1.29, 1.82) is 0 Å². The number of amides is 2. The van der Waals surface area contributed by atoms with Crippen molar-refractivity contribution < 1.29 is 9.59 Å². The summed E-state index contributed by atoms with van der Waals surface area (Å²) in [5.74, 6) is -0.203. The molecule has 0 bridgehead atoms. The Morgan fingerprint density at radius 3 is 2.72 bits per heavy atom. The van der Waals surface area contributed by atoms with Crippen LogP contribution in [0.4, 0.5) is 0 Å². The van der Waals surface area contributed by atoms with Crippen LogP contribution in [0, 0.1) is 0 Å². The maximum atomic E-state index is 12.0. The predicted molar refractivity (Wildman–Crippen MR) is 69.6 cm³/mol. The summed E-state index contributed by atoms with van der Waals surface area (Å²) in [4.78, 5) is 29.5. The first-order chi connectivity index (χ1) is 8.49. The van der Waals surface area contributed by atoms with E-state index in [1.165, 1.54) is 0 Å². The number of hydrogen-bond donors (Lipinski definition) is 1. The van der Waals surface area contributed by atoms with E-state index in [0.29, 0.717) is 6.54 Å². The average molecular weight is 312 g/mol. The third-order valence-corrected chi connectivity index (χ3v) is 3.45. The van der Waals surface area contributed by atoms with Gasteiger partial charge in [0.05, 0.1) is 12.2 Å². The monoisotopic (exact) mass is 311 g/mol. The molecule has 2 heterocycles. The second-order valence-corrected chi connectivity index (χ2v) is 5.26. The van der Waals surface area contributed by atoms with E-state index in [2.05, 4.69) is 26.2 Å². The number of aromatic nitrogens is 1. The van der Waals surface area contributed by atoms with E-state index in [1.54, 1.807) is 24.9 Å². The van der Waals surface area contributed by atoms with Gasteiger partial charge in [0.1, 0.15) is 12.1 Å². The lowest BCUT2D eigenvalue weighted by Gasteiger charge is -2.35. The lowest BCUT2D eigenvalue weighted by Crippen LogP contribution is -2.61. The Hall–Kier alpha value is -1.43. The molecule has 1 N–H and O–H groups in total. The quantitative estimate of drug-likeness (QED) is 0.889. The van der Waals surface area contributed by atoms with Gasteiger partial charge in [-0.25, -0.2) is 0 Å². The van der Waals surface area contributed by atoms with Crippen molar-refractivity contribution in [2.24, 2.45) is 0 Å². The first kappa shape index (κ1) is 13.0. The summed E-state index contributed by atoms with van der Waals surface area (Å²) in [6.07, 6.45) is 1.68. The van der Waals surface area contributed by atoms with Gasteiger partial charge in [-0.1, -0.05) is 0 Å². The van der Waals surface area contributed by atoms with Crippen LogP contribution >= 0.6 is 15.9 Å².